The number of carbonyl (C=O) groups excluding carboxylic acids is 1. The highest BCUT2D eigenvalue weighted by Crippen LogP contribution is 2.54. The van der Waals surface area contributed by atoms with E-state index in [0.717, 1.165) is 103 Å². The van der Waals surface area contributed by atoms with Gasteiger partial charge in [-0.2, -0.15) is 9.97 Å². The number of phenolic OH excluding ortho intramolecular Hbond substituents is 1. The monoisotopic (exact) mass is 1010 g/mol. The molecule has 17 heteroatoms. The number of hydrogen-bond donors (Lipinski definition) is 2. The second kappa shape index (κ2) is 18.3. The summed E-state index contributed by atoms with van der Waals surface area (Å²) in [7, 11) is 0. The quantitative estimate of drug-likeness (QED) is 0.121. The Labute approximate surface area is 428 Å². The lowest BCUT2D eigenvalue weighted by Crippen LogP contribution is -2.56. The molecule has 2 saturated carbocycles. The van der Waals surface area contributed by atoms with Gasteiger partial charge in [0.15, 0.2) is 11.4 Å². The summed E-state index contributed by atoms with van der Waals surface area (Å²) in [5.41, 5.74) is 3.85. The number of phenols is 1. The van der Waals surface area contributed by atoms with Gasteiger partial charge in [0.25, 0.3) is 0 Å². The Morgan fingerprint density at radius 3 is 2.47 bits per heavy atom. The van der Waals surface area contributed by atoms with Crippen molar-refractivity contribution in [3.8, 4) is 23.0 Å². The van der Waals surface area contributed by atoms with Gasteiger partial charge >= 0.3 is 11.8 Å². The zero-order valence-corrected chi connectivity index (χ0v) is 42.3. The number of benzene rings is 3. The number of aryl methyl sites for hydroxylation is 1. The summed E-state index contributed by atoms with van der Waals surface area (Å²) in [5, 5.41) is 15.2. The van der Waals surface area contributed by atoms with Crippen molar-refractivity contribution in [2.24, 2.45) is 16.7 Å². The number of aromatic nitrogens is 4. The lowest BCUT2D eigenvalue weighted by molar-refractivity contribution is -0.151. The van der Waals surface area contributed by atoms with Crippen LogP contribution in [0.5, 0.6) is 11.8 Å². The minimum absolute atomic E-state index is 0.0117. The fraction of sp³-hybridized carbons (Fsp3) is 0.526. The molecular weight excluding hydrogens is 945 g/mol. The number of piperazine rings is 1. The first-order valence-electron chi connectivity index (χ1n) is 27.0. The molecule has 2 aliphatic carbocycles. The minimum Gasteiger partial charge on any atom is -0.508 e. The van der Waals surface area contributed by atoms with E-state index in [1.54, 1.807) is 18.3 Å². The van der Waals surface area contributed by atoms with E-state index in [4.69, 9.17) is 23.9 Å². The average molecular weight is 1010 g/mol. The number of nitrogens with one attached hydrogen (secondary N) is 1. The summed E-state index contributed by atoms with van der Waals surface area (Å²) in [4.78, 5) is 49.8. The molecule has 5 saturated heterocycles. The van der Waals surface area contributed by atoms with E-state index in [0.29, 0.717) is 93.6 Å². The summed E-state index contributed by atoms with van der Waals surface area (Å²) >= 11 is 0. The van der Waals surface area contributed by atoms with E-state index in [2.05, 4.69) is 36.5 Å². The van der Waals surface area contributed by atoms with Gasteiger partial charge in [-0.15, -0.1) is 0 Å². The molecule has 5 aliphatic heterocycles. The first-order chi connectivity index (χ1) is 35.9. The fourth-order valence-corrected chi connectivity index (χ4v) is 13.7. The highest BCUT2D eigenvalue weighted by atomic mass is 19.1. The SMILES string of the molecule is C=C1CCC(n2c(=O)oc3cc(N4CCN(CC5CC6(CCN(CC7(COc8nc(N9CCC[C@]%10(CCO%10)C9)c9cnc(-c%10cc(O)cc%11ccc(F)c(CC)c%10%11)c(F)c9n8)CC7)CC6)C5)CC4)ccc32)C(=O)N1. The first kappa shape index (κ1) is 47.5. The van der Waals surface area contributed by atoms with Gasteiger partial charge in [0.05, 0.1) is 29.7 Å². The molecule has 2 spiro atoms. The van der Waals surface area contributed by atoms with Crippen molar-refractivity contribution in [3.63, 3.8) is 0 Å². The molecule has 3 aromatic carbocycles. The van der Waals surface area contributed by atoms with Crippen LogP contribution in [0.15, 0.2) is 70.1 Å². The van der Waals surface area contributed by atoms with Crippen LogP contribution in [0.3, 0.4) is 0 Å². The predicted octanol–water partition coefficient (Wildman–Crippen LogP) is 8.50. The summed E-state index contributed by atoms with van der Waals surface area (Å²) in [6.07, 6.45) is 13.1. The van der Waals surface area contributed by atoms with Gasteiger partial charge in [0.1, 0.15) is 34.6 Å². The number of piperidine rings is 3. The Hall–Kier alpha value is -6.17. The van der Waals surface area contributed by atoms with Gasteiger partial charge in [0.2, 0.25) is 5.91 Å². The summed E-state index contributed by atoms with van der Waals surface area (Å²) in [5.74, 6) is -0.561. The first-order valence-corrected chi connectivity index (χ1v) is 27.0. The number of aromatic hydroxyl groups is 1. The van der Waals surface area contributed by atoms with Crippen molar-refractivity contribution in [1.29, 1.82) is 0 Å². The van der Waals surface area contributed by atoms with Gasteiger partial charge in [-0.1, -0.05) is 19.6 Å². The van der Waals surface area contributed by atoms with Crippen molar-refractivity contribution in [2.45, 2.75) is 95.6 Å². The molecule has 74 heavy (non-hydrogen) atoms. The number of carbonyl (C=O) groups is 1. The number of anilines is 2. The van der Waals surface area contributed by atoms with Crippen LogP contribution in [0.1, 0.15) is 89.2 Å². The number of likely N-dealkylation sites (tertiary alicyclic amines) is 1. The molecule has 1 amide bonds. The Morgan fingerprint density at radius 1 is 0.919 bits per heavy atom. The molecular formula is C57H65F2N9O6. The second-order valence-electron chi connectivity index (χ2n) is 23.0. The van der Waals surface area contributed by atoms with E-state index in [-0.39, 0.29) is 45.7 Å². The van der Waals surface area contributed by atoms with Gasteiger partial charge < -0.3 is 39.0 Å². The van der Waals surface area contributed by atoms with Crippen LogP contribution in [-0.4, -0.2) is 125 Å². The number of oxazole rings is 1. The van der Waals surface area contributed by atoms with Crippen molar-refractivity contribution < 1.29 is 32.6 Å². The van der Waals surface area contributed by atoms with Crippen molar-refractivity contribution in [2.75, 3.05) is 88.5 Å². The van der Waals surface area contributed by atoms with E-state index >= 15 is 8.78 Å². The van der Waals surface area contributed by atoms with Gasteiger partial charge in [-0.05, 0) is 142 Å². The van der Waals surface area contributed by atoms with Gasteiger partial charge in [0, 0.05) is 93.4 Å². The molecule has 8 heterocycles. The highest BCUT2D eigenvalue weighted by molar-refractivity contribution is 6.02. The third kappa shape index (κ3) is 8.56. The minimum atomic E-state index is -0.666. The molecule has 7 fully saturated rings. The number of pyridine rings is 1. The van der Waals surface area contributed by atoms with Gasteiger partial charge in [-0.25, -0.2) is 13.6 Å². The van der Waals surface area contributed by atoms with Gasteiger partial charge in [-0.3, -0.25) is 19.2 Å². The molecule has 6 aromatic rings. The van der Waals surface area contributed by atoms with E-state index in [9.17, 15) is 14.7 Å². The molecule has 3 aromatic heterocycles. The Balaban J connectivity index is 0.638. The van der Waals surface area contributed by atoms with Crippen LogP contribution < -0.4 is 25.6 Å². The molecule has 0 bridgehead atoms. The summed E-state index contributed by atoms with van der Waals surface area (Å²) < 4.78 is 52.3. The number of allylic oxidation sites excluding steroid dienone is 1. The predicted molar refractivity (Wildman–Crippen MR) is 279 cm³/mol. The number of nitrogens with zero attached hydrogens (tertiary/aromatic N) is 8. The number of ether oxygens (including phenoxy) is 2. The van der Waals surface area contributed by atoms with Crippen LogP contribution in [0.4, 0.5) is 20.3 Å². The van der Waals surface area contributed by atoms with Crippen LogP contribution in [0.25, 0.3) is 44.0 Å². The number of amides is 1. The number of halogens is 2. The number of fused-ring (bicyclic) bond motifs is 3. The van der Waals surface area contributed by atoms with Crippen LogP contribution in [0, 0.1) is 28.4 Å². The maximum absolute atomic E-state index is 17.3. The largest absolute Gasteiger partial charge is 0.508 e. The molecule has 2 N–H and O–H groups in total. The highest BCUT2D eigenvalue weighted by Gasteiger charge is 2.50. The standard InChI is InChI=1S/C57H65F2N9O6/c1-3-40-43(58)8-6-37-25-39(69)27-41(47(37)40)49-48(59)50-42(30-60-49)51(67-17-4-11-57(33-67)16-24-73-57)63-53(62-50)72-34-56(12-13-56)32-65-18-14-55(15-19-65)28-36(29-55)31-64-20-22-66(23-21-64)38-7-10-44-46(26-38)74-54(71)68(44)45-9-5-35(2)61-52(45)70/h6-8,10,25-27,30,36,45,69H,2-5,9,11-24,28-29,31-34H2,1H3,(H,61,70)/t45?,57-/m0/s1. The maximum atomic E-state index is 17.3. The Morgan fingerprint density at radius 2 is 1.73 bits per heavy atom. The molecule has 388 valence electrons. The van der Waals surface area contributed by atoms with Crippen molar-refractivity contribution in [1.82, 2.24) is 34.6 Å². The lowest BCUT2D eigenvalue weighted by atomic mass is 9.57. The molecule has 2 atom stereocenters. The normalized spacial score (nSPS) is 24.2. The van der Waals surface area contributed by atoms with Crippen LogP contribution in [0.2, 0.25) is 0 Å². The second-order valence-corrected chi connectivity index (χ2v) is 23.0. The summed E-state index contributed by atoms with van der Waals surface area (Å²) in [6, 6.07) is 11.4. The van der Waals surface area contributed by atoms with Crippen molar-refractivity contribution >= 4 is 50.2 Å². The maximum Gasteiger partial charge on any atom is 0.420 e. The van der Waals surface area contributed by atoms with E-state index in [1.165, 1.54) is 42.4 Å². The van der Waals surface area contributed by atoms with Crippen LogP contribution in [-0.2, 0) is 16.0 Å². The number of rotatable bonds is 12. The van der Waals surface area contributed by atoms with E-state index in [1.807, 2.05) is 25.1 Å². The fourth-order valence-electron chi connectivity index (χ4n) is 13.7. The Kier molecular flexibility index (Phi) is 11.8. The Bertz CT molecular complexity index is 3270. The molecule has 13 rings (SSSR count). The zero-order valence-electron chi connectivity index (χ0n) is 42.3. The lowest BCUT2D eigenvalue weighted by Gasteiger charge is -2.54. The molecule has 1 unspecified atom stereocenters. The molecule has 15 nitrogen and oxygen atoms in total. The molecule has 7 aliphatic rings. The van der Waals surface area contributed by atoms with Crippen LogP contribution >= 0.6 is 0 Å². The smallest absolute Gasteiger partial charge is 0.420 e. The third-order valence-electron chi connectivity index (χ3n) is 18.1. The third-order valence-corrected chi connectivity index (χ3v) is 18.1. The average Bonchev–Trinajstić information content (AvgIpc) is 4.07. The van der Waals surface area contributed by atoms with Crippen molar-refractivity contribution in [3.05, 3.63) is 88.7 Å². The van der Waals surface area contributed by atoms with E-state index < -0.39 is 17.6 Å². The molecule has 0 radical (unpaired) electrons. The zero-order chi connectivity index (χ0) is 50.5. The topological polar surface area (TPSA) is 155 Å². The summed E-state index contributed by atoms with van der Waals surface area (Å²) in [6.45, 7) is 16.3. The number of hydrogen-bond acceptors (Lipinski definition) is 13.